The monoisotopic (exact) mass is 313 g/mol. The van der Waals surface area contributed by atoms with Crippen LogP contribution in [0.25, 0.3) is 0 Å². The molecular formula is C18H23N3O2. The highest BCUT2D eigenvalue weighted by atomic mass is 16.6. The van der Waals surface area contributed by atoms with Crippen LogP contribution in [0.4, 0.5) is 17.1 Å². The van der Waals surface area contributed by atoms with E-state index in [-0.39, 0.29) is 16.1 Å². The van der Waals surface area contributed by atoms with Crippen molar-refractivity contribution in [2.75, 3.05) is 5.32 Å². The number of fused-ring (bicyclic) bond motifs is 3. The molecule has 0 aromatic heterocycles. The molecule has 1 atom stereocenters. The van der Waals surface area contributed by atoms with Gasteiger partial charge < -0.3 is 5.32 Å². The lowest BCUT2D eigenvalue weighted by molar-refractivity contribution is -0.384. The van der Waals surface area contributed by atoms with Gasteiger partial charge in [0.05, 0.1) is 16.3 Å². The first kappa shape index (κ1) is 14.7. The molecule has 2 aliphatic carbocycles. The van der Waals surface area contributed by atoms with E-state index in [4.69, 9.17) is 4.99 Å². The van der Waals surface area contributed by atoms with Crippen LogP contribution in [0.5, 0.6) is 0 Å². The van der Waals surface area contributed by atoms with Crippen LogP contribution in [0.2, 0.25) is 0 Å². The Balaban J connectivity index is 1.82. The van der Waals surface area contributed by atoms with Crippen LogP contribution < -0.4 is 5.32 Å². The van der Waals surface area contributed by atoms with Gasteiger partial charge in [0.15, 0.2) is 0 Å². The number of rotatable bonds is 1. The molecule has 1 spiro atoms. The first-order valence-electron chi connectivity index (χ1n) is 8.82. The van der Waals surface area contributed by atoms with Crippen molar-refractivity contribution in [1.82, 2.24) is 0 Å². The van der Waals surface area contributed by atoms with Crippen molar-refractivity contribution in [3.63, 3.8) is 0 Å². The molecule has 1 heterocycles. The van der Waals surface area contributed by atoms with Crippen LogP contribution in [-0.2, 0) is 0 Å². The number of hydrogen-bond acceptors (Lipinski definition) is 4. The van der Waals surface area contributed by atoms with Crippen molar-refractivity contribution in [3.8, 4) is 0 Å². The summed E-state index contributed by atoms with van der Waals surface area (Å²) in [7, 11) is 0. The molecule has 1 aromatic rings. The average molecular weight is 313 g/mol. The Morgan fingerprint density at radius 2 is 2.00 bits per heavy atom. The largest absolute Gasteiger partial charge is 0.377 e. The van der Waals surface area contributed by atoms with Gasteiger partial charge in [-0.05, 0) is 38.2 Å². The molecule has 1 unspecified atom stereocenters. The topological polar surface area (TPSA) is 67.5 Å². The van der Waals surface area contributed by atoms with E-state index in [0.29, 0.717) is 5.92 Å². The van der Waals surface area contributed by atoms with Crippen LogP contribution in [0.15, 0.2) is 23.2 Å². The van der Waals surface area contributed by atoms with E-state index in [1.54, 1.807) is 18.2 Å². The van der Waals surface area contributed by atoms with Gasteiger partial charge >= 0.3 is 0 Å². The number of benzene rings is 1. The molecule has 3 aliphatic rings. The van der Waals surface area contributed by atoms with E-state index < -0.39 is 0 Å². The van der Waals surface area contributed by atoms with Crippen molar-refractivity contribution in [2.24, 2.45) is 10.9 Å². The zero-order valence-corrected chi connectivity index (χ0v) is 13.4. The highest BCUT2D eigenvalue weighted by molar-refractivity contribution is 5.94. The Morgan fingerprint density at radius 1 is 1.17 bits per heavy atom. The summed E-state index contributed by atoms with van der Waals surface area (Å²) in [5.74, 6) is 0.489. The number of hydrogen-bond donors (Lipinski definition) is 1. The fraction of sp³-hybridized carbons (Fsp3) is 0.611. The lowest BCUT2D eigenvalue weighted by Crippen LogP contribution is -2.50. The minimum absolute atomic E-state index is 0.0535. The third-order valence-electron chi connectivity index (χ3n) is 5.83. The molecule has 0 bridgehead atoms. The van der Waals surface area contributed by atoms with Crippen molar-refractivity contribution >= 4 is 22.8 Å². The second-order valence-corrected chi connectivity index (χ2v) is 7.20. The van der Waals surface area contributed by atoms with Gasteiger partial charge in [0.1, 0.15) is 0 Å². The maximum Gasteiger partial charge on any atom is 0.271 e. The molecular weight excluding hydrogens is 290 g/mol. The Hall–Kier alpha value is -1.91. The minimum atomic E-state index is -0.319. The number of nitro benzene ring substituents is 1. The molecule has 1 aliphatic heterocycles. The average Bonchev–Trinajstić information content (AvgIpc) is 2.69. The van der Waals surface area contributed by atoms with E-state index in [0.717, 1.165) is 30.6 Å². The number of nitro groups is 1. The summed E-state index contributed by atoms with van der Waals surface area (Å²) < 4.78 is 0. The summed E-state index contributed by atoms with van der Waals surface area (Å²) in [6, 6.07) is 5.05. The maximum absolute atomic E-state index is 11.1. The molecule has 2 saturated carbocycles. The lowest BCUT2D eigenvalue weighted by atomic mass is 9.66. The molecule has 0 radical (unpaired) electrons. The number of anilines is 1. The molecule has 2 fully saturated rings. The van der Waals surface area contributed by atoms with Crippen molar-refractivity contribution in [2.45, 2.75) is 63.3 Å². The molecule has 0 amide bonds. The summed E-state index contributed by atoms with van der Waals surface area (Å²) in [5.41, 5.74) is 3.24. The molecule has 1 N–H and O–H groups in total. The quantitative estimate of drug-likeness (QED) is 0.587. The zero-order valence-electron chi connectivity index (χ0n) is 13.4. The molecule has 1 aromatic carbocycles. The van der Waals surface area contributed by atoms with Crippen LogP contribution in [0.3, 0.4) is 0 Å². The summed E-state index contributed by atoms with van der Waals surface area (Å²) in [6.45, 7) is 0. The van der Waals surface area contributed by atoms with Gasteiger partial charge in [-0.15, -0.1) is 0 Å². The Bertz CT molecular complexity index is 662. The molecule has 5 heteroatoms. The summed E-state index contributed by atoms with van der Waals surface area (Å²) in [4.78, 5) is 15.8. The van der Waals surface area contributed by atoms with Gasteiger partial charge in [0.2, 0.25) is 0 Å². The van der Waals surface area contributed by atoms with Gasteiger partial charge in [0, 0.05) is 29.3 Å². The first-order chi connectivity index (χ1) is 11.2. The van der Waals surface area contributed by atoms with E-state index in [9.17, 15) is 10.1 Å². The van der Waals surface area contributed by atoms with Gasteiger partial charge in [-0.2, -0.15) is 0 Å². The maximum atomic E-state index is 11.1. The fourth-order valence-electron chi connectivity index (χ4n) is 4.73. The predicted octanol–water partition coefficient (Wildman–Crippen LogP) is 4.99. The molecule has 0 saturated heterocycles. The second kappa shape index (κ2) is 5.62. The SMILES string of the molecule is O=[N+]([O-])c1ccc2c(c1)NC1(CCCCC1)C1CCCCC1=N2. The van der Waals surface area contributed by atoms with Crippen LogP contribution in [0.1, 0.15) is 57.8 Å². The first-order valence-corrected chi connectivity index (χ1v) is 8.82. The minimum Gasteiger partial charge on any atom is -0.377 e. The van der Waals surface area contributed by atoms with Crippen LogP contribution in [0, 0.1) is 16.0 Å². The summed E-state index contributed by atoms with van der Waals surface area (Å²) in [5, 5.41) is 14.9. The molecule has 4 rings (SSSR count). The molecule has 122 valence electrons. The van der Waals surface area contributed by atoms with Gasteiger partial charge in [0.25, 0.3) is 5.69 Å². The van der Waals surface area contributed by atoms with E-state index in [2.05, 4.69) is 5.32 Å². The van der Waals surface area contributed by atoms with Crippen LogP contribution in [-0.4, -0.2) is 16.2 Å². The zero-order chi connectivity index (χ0) is 15.9. The Labute approximate surface area is 136 Å². The molecule has 5 nitrogen and oxygen atoms in total. The van der Waals surface area contributed by atoms with Crippen molar-refractivity contribution < 1.29 is 4.92 Å². The number of nitrogens with zero attached hydrogens (tertiary/aromatic N) is 2. The van der Waals surface area contributed by atoms with Crippen molar-refractivity contribution in [3.05, 3.63) is 28.3 Å². The summed E-state index contributed by atoms with van der Waals surface area (Å²) >= 11 is 0. The second-order valence-electron chi connectivity index (χ2n) is 7.20. The standard InChI is InChI=1S/C18H23N3O2/c22-21(23)13-8-9-16-17(12-13)20-18(10-4-1-5-11-18)14-6-2-3-7-15(14)19-16/h8-9,12,14,20H,1-7,10-11H2. The third kappa shape index (κ3) is 2.52. The van der Waals surface area contributed by atoms with E-state index >= 15 is 0 Å². The highest BCUT2D eigenvalue weighted by Crippen LogP contribution is 2.47. The third-order valence-corrected chi connectivity index (χ3v) is 5.83. The molecule has 23 heavy (non-hydrogen) atoms. The van der Waals surface area contributed by atoms with Gasteiger partial charge in [-0.25, -0.2) is 0 Å². The number of nitrogens with one attached hydrogen (secondary N) is 1. The Morgan fingerprint density at radius 3 is 2.78 bits per heavy atom. The summed E-state index contributed by atoms with van der Waals surface area (Å²) in [6.07, 6.45) is 10.8. The lowest BCUT2D eigenvalue weighted by Gasteiger charge is -2.46. The normalized spacial score (nSPS) is 25.6. The Kier molecular flexibility index (Phi) is 3.58. The van der Waals surface area contributed by atoms with Gasteiger partial charge in [-0.3, -0.25) is 15.1 Å². The smallest absolute Gasteiger partial charge is 0.271 e. The van der Waals surface area contributed by atoms with Crippen LogP contribution >= 0.6 is 0 Å². The number of aliphatic imine (C=N–C) groups is 1. The van der Waals surface area contributed by atoms with E-state index in [1.165, 1.54) is 44.2 Å². The van der Waals surface area contributed by atoms with Crippen molar-refractivity contribution in [1.29, 1.82) is 0 Å². The highest BCUT2D eigenvalue weighted by Gasteiger charge is 2.44. The number of non-ortho nitro benzene ring substituents is 1. The van der Waals surface area contributed by atoms with E-state index in [1.807, 2.05) is 0 Å². The fourth-order valence-corrected chi connectivity index (χ4v) is 4.73. The van der Waals surface area contributed by atoms with Gasteiger partial charge in [-0.1, -0.05) is 25.7 Å². The predicted molar refractivity (Wildman–Crippen MR) is 91.6 cm³/mol.